The predicted octanol–water partition coefficient (Wildman–Crippen LogP) is 7.33. The lowest BCUT2D eigenvalue weighted by Crippen LogP contribution is -2.48. The molecule has 46 heavy (non-hydrogen) atoms. The first-order chi connectivity index (χ1) is 22.5. The third-order valence-corrected chi connectivity index (χ3v) is 8.43. The van der Waals surface area contributed by atoms with Gasteiger partial charge in [-0.15, -0.1) is 0 Å². The number of rotatable bonds is 15. The molecule has 0 fully saturated rings. The summed E-state index contributed by atoms with van der Waals surface area (Å²) in [5, 5.41) is 12.3. The molecule has 1 heterocycles. The van der Waals surface area contributed by atoms with Crippen LogP contribution in [0.5, 0.6) is 11.5 Å². The minimum Gasteiger partial charge on any atom is -0.494 e. The standard InChI is InChI=1S/C38H39BrN2O5/c1-2-44-34-18-9-6-15-29(34)23-25-40-37(43)38(24-10-14-28-12-4-3-5-13-28)35(32-16-7-8-17-33(32)39)46-36(41-38)30-19-21-31(22-20-30)45-27-11-26-42/h3-10,12-22,35,42H,2,11,23-27H2,1H3,(H,40,43)/b14-10+/t35-,38-/m1/s1. The highest BCUT2D eigenvalue weighted by Gasteiger charge is 2.53. The Morgan fingerprint density at radius 3 is 2.48 bits per heavy atom. The minimum absolute atomic E-state index is 0.0705. The van der Waals surface area contributed by atoms with Crippen LogP contribution >= 0.6 is 15.9 Å². The molecule has 4 aromatic rings. The number of nitrogens with zero attached hydrogens (tertiary/aromatic N) is 1. The fourth-order valence-corrected chi connectivity index (χ4v) is 5.88. The van der Waals surface area contributed by atoms with Crippen molar-refractivity contribution in [2.75, 3.05) is 26.4 Å². The average molecular weight is 684 g/mol. The van der Waals surface area contributed by atoms with E-state index < -0.39 is 11.6 Å². The molecule has 0 spiro atoms. The smallest absolute Gasteiger partial charge is 0.252 e. The lowest BCUT2D eigenvalue weighted by molar-refractivity contribution is -0.128. The molecule has 0 aliphatic carbocycles. The molecule has 1 amide bonds. The van der Waals surface area contributed by atoms with E-state index >= 15 is 0 Å². The largest absolute Gasteiger partial charge is 0.494 e. The summed E-state index contributed by atoms with van der Waals surface area (Å²) in [6.45, 7) is 3.42. The lowest BCUT2D eigenvalue weighted by atomic mass is 9.84. The fraction of sp³-hybridized carbons (Fsp3) is 0.263. The fourth-order valence-electron chi connectivity index (χ4n) is 5.39. The molecule has 8 heteroatoms. The number of carbonyl (C=O) groups excluding carboxylic acids is 1. The van der Waals surface area contributed by atoms with Gasteiger partial charge < -0.3 is 24.6 Å². The summed E-state index contributed by atoms with van der Waals surface area (Å²) in [5.74, 6) is 1.66. The molecule has 0 saturated heterocycles. The summed E-state index contributed by atoms with van der Waals surface area (Å²) in [6.07, 6.45) is 4.77. The predicted molar refractivity (Wildman–Crippen MR) is 185 cm³/mol. The van der Waals surface area contributed by atoms with Gasteiger partial charge >= 0.3 is 0 Å². The third-order valence-electron chi connectivity index (χ3n) is 7.71. The van der Waals surface area contributed by atoms with Crippen molar-refractivity contribution in [2.24, 2.45) is 4.99 Å². The van der Waals surface area contributed by atoms with Gasteiger partial charge in [-0.1, -0.05) is 94.8 Å². The van der Waals surface area contributed by atoms with Gasteiger partial charge in [0.15, 0.2) is 11.6 Å². The zero-order valence-corrected chi connectivity index (χ0v) is 27.5. The average Bonchev–Trinajstić information content (AvgIpc) is 3.47. The minimum atomic E-state index is -1.29. The maximum Gasteiger partial charge on any atom is 0.252 e. The highest BCUT2D eigenvalue weighted by molar-refractivity contribution is 9.10. The molecule has 0 unspecified atom stereocenters. The molecule has 1 aliphatic heterocycles. The van der Waals surface area contributed by atoms with E-state index in [1.165, 1.54) is 0 Å². The normalized spacial score (nSPS) is 17.4. The van der Waals surface area contributed by atoms with Gasteiger partial charge in [0.2, 0.25) is 5.90 Å². The number of aliphatic hydroxyl groups excluding tert-OH is 1. The zero-order valence-electron chi connectivity index (χ0n) is 25.9. The summed E-state index contributed by atoms with van der Waals surface area (Å²) >= 11 is 3.70. The van der Waals surface area contributed by atoms with Crippen molar-refractivity contribution in [3.63, 3.8) is 0 Å². The van der Waals surface area contributed by atoms with Gasteiger partial charge in [0, 0.05) is 41.6 Å². The van der Waals surface area contributed by atoms with Gasteiger partial charge in [-0.3, -0.25) is 4.79 Å². The molecule has 1 aliphatic rings. The van der Waals surface area contributed by atoms with Crippen LogP contribution in [0.25, 0.3) is 6.08 Å². The summed E-state index contributed by atoms with van der Waals surface area (Å²) in [6, 6.07) is 33.1. The van der Waals surface area contributed by atoms with Gasteiger partial charge in [0.1, 0.15) is 11.5 Å². The van der Waals surface area contributed by atoms with Gasteiger partial charge in [-0.05, 0) is 60.9 Å². The molecule has 5 rings (SSSR count). The van der Waals surface area contributed by atoms with Crippen LogP contribution in [0.1, 0.15) is 48.1 Å². The van der Waals surface area contributed by atoms with Gasteiger partial charge in [-0.2, -0.15) is 0 Å². The Labute approximate surface area is 279 Å². The Bertz CT molecular complexity index is 1640. The zero-order chi connectivity index (χ0) is 32.2. The highest BCUT2D eigenvalue weighted by atomic mass is 79.9. The number of nitrogens with one attached hydrogen (secondary N) is 1. The van der Waals surface area contributed by atoms with E-state index in [2.05, 4.69) is 21.2 Å². The molecule has 7 nitrogen and oxygen atoms in total. The van der Waals surface area contributed by atoms with E-state index in [0.717, 1.165) is 32.5 Å². The number of aliphatic hydroxyl groups is 1. The van der Waals surface area contributed by atoms with Crippen LogP contribution in [0, 0.1) is 0 Å². The number of halogens is 1. The van der Waals surface area contributed by atoms with Crippen LogP contribution in [0.2, 0.25) is 0 Å². The maximum atomic E-state index is 14.5. The van der Waals surface area contributed by atoms with Crippen LogP contribution in [0.4, 0.5) is 0 Å². The number of carbonyl (C=O) groups is 1. The van der Waals surface area contributed by atoms with E-state index in [1.54, 1.807) is 0 Å². The number of benzene rings is 4. The highest BCUT2D eigenvalue weighted by Crippen LogP contribution is 2.45. The second-order valence-corrected chi connectivity index (χ2v) is 11.7. The molecule has 238 valence electrons. The second kappa shape index (κ2) is 16.2. The Balaban J connectivity index is 1.49. The first kappa shape index (κ1) is 33.0. The van der Waals surface area contributed by atoms with Crippen molar-refractivity contribution in [3.05, 3.63) is 136 Å². The molecular weight excluding hydrogens is 644 g/mol. The van der Waals surface area contributed by atoms with E-state index in [4.69, 9.17) is 24.3 Å². The number of aliphatic imine (C=N–C) groups is 1. The number of hydrogen-bond donors (Lipinski definition) is 2. The number of hydrogen-bond acceptors (Lipinski definition) is 6. The van der Waals surface area contributed by atoms with Gasteiger partial charge in [0.05, 0.1) is 13.2 Å². The molecule has 0 radical (unpaired) electrons. The lowest BCUT2D eigenvalue weighted by Gasteiger charge is -2.30. The summed E-state index contributed by atoms with van der Waals surface area (Å²) < 4.78 is 19.0. The quantitative estimate of drug-likeness (QED) is 0.128. The van der Waals surface area contributed by atoms with Crippen LogP contribution < -0.4 is 14.8 Å². The summed E-state index contributed by atoms with van der Waals surface area (Å²) in [5.41, 5.74) is 2.33. The van der Waals surface area contributed by atoms with Crippen molar-refractivity contribution in [2.45, 2.75) is 37.8 Å². The van der Waals surface area contributed by atoms with Crippen LogP contribution in [0.3, 0.4) is 0 Å². The maximum absolute atomic E-state index is 14.5. The van der Waals surface area contributed by atoms with Gasteiger partial charge in [-0.25, -0.2) is 4.99 Å². The van der Waals surface area contributed by atoms with Gasteiger partial charge in [0.25, 0.3) is 5.91 Å². The third kappa shape index (κ3) is 8.05. The second-order valence-electron chi connectivity index (χ2n) is 10.9. The van der Waals surface area contributed by atoms with Crippen LogP contribution in [0.15, 0.2) is 119 Å². The Morgan fingerprint density at radius 1 is 0.978 bits per heavy atom. The monoisotopic (exact) mass is 682 g/mol. The van der Waals surface area contributed by atoms with E-state index in [1.807, 2.05) is 122 Å². The van der Waals surface area contributed by atoms with Crippen molar-refractivity contribution in [1.82, 2.24) is 5.32 Å². The Morgan fingerprint density at radius 2 is 1.72 bits per heavy atom. The van der Waals surface area contributed by atoms with E-state index in [0.29, 0.717) is 50.7 Å². The van der Waals surface area contributed by atoms with Crippen molar-refractivity contribution in [3.8, 4) is 11.5 Å². The molecular formula is C38H39BrN2O5. The van der Waals surface area contributed by atoms with Crippen molar-refractivity contribution in [1.29, 1.82) is 0 Å². The molecule has 0 saturated carbocycles. The Kier molecular flexibility index (Phi) is 11.6. The summed E-state index contributed by atoms with van der Waals surface area (Å²) in [4.78, 5) is 19.6. The summed E-state index contributed by atoms with van der Waals surface area (Å²) in [7, 11) is 0. The molecule has 2 N–H and O–H groups in total. The first-order valence-electron chi connectivity index (χ1n) is 15.6. The van der Waals surface area contributed by atoms with Crippen molar-refractivity contribution >= 4 is 33.8 Å². The van der Waals surface area contributed by atoms with Crippen LogP contribution in [-0.4, -0.2) is 48.8 Å². The first-order valence-corrected chi connectivity index (χ1v) is 16.4. The number of ether oxygens (including phenoxy) is 3. The van der Waals surface area contributed by atoms with E-state index in [-0.39, 0.29) is 12.5 Å². The van der Waals surface area contributed by atoms with Crippen LogP contribution in [-0.2, 0) is 16.0 Å². The number of amides is 1. The van der Waals surface area contributed by atoms with Crippen molar-refractivity contribution < 1.29 is 24.1 Å². The SMILES string of the molecule is CCOc1ccccc1CCNC(=O)[C@]1(C/C=C/c2ccccc2)N=C(c2ccc(OCCCO)cc2)O[C@@H]1c1ccccc1Br. The molecule has 0 aromatic heterocycles. The Hall–Kier alpha value is -4.40. The molecule has 4 aromatic carbocycles. The topological polar surface area (TPSA) is 89.4 Å². The van der Waals surface area contributed by atoms with E-state index in [9.17, 15) is 4.79 Å². The molecule has 2 atom stereocenters. The molecule has 0 bridgehead atoms. The number of para-hydroxylation sites is 1.